The van der Waals surface area contributed by atoms with Crippen LogP contribution in [0.15, 0.2) is 0 Å². The predicted octanol–water partition coefficient (Wildman–Crippen LogP) is -0.539. The van der Waals surface area contributed by atoms with Gasteiger partial charge in [-0.25, -0.2) is 4.79 Å². The normalized spacial score (nSPS) is 11.7. The van der Waals surface area contributed by atoms with Crippen molar-refractivity contribution in [3.05, 3.63) is 0 Å². The maximum absolute atomic E-state index is 11.8. The molecule has 0 aliphatic heterocycles. The standard InChI is InChI=1S/C11H20N2O5/c1-4-13(5-2)11(17)8(3)12-9(14)6-18-7-10(15)16/h8H,4-7H2,1-3H3,(H,12,14)(H,15,16). The minimum absolute atomic E-state index is 0.174. The lowest BCUT2D eigenvalue weighted by atomic mass is 10.2. The number of carboxylic acid groups (broad SMARTS) is 1. The third-order valence-electron chi connectivity index (χ3n) is 2.28. The van der Waals surface area contributed by atoms with Gasteiger partial charge in [-0.3, -0.25) is 9.59 Å². The minimum atomic E-state index is -1.14. The summed E-state index contributed by atoms with van der Waals surface area (Å²) in [5.41, 5.74) is 0. The number of hydrogen-bond acceptors (Lipinski definition) is 4. The summed E-state index contributed by atoms with van der Waals surface area (Å²) >= 11 is 0. The highest BCUT2D eigenvalue weighted by Crippen LogP contribution is 1.94. The van der Waals surface area contributed by atoms with E-state index in [1.165, 1.54) is 0 Å². The number of likely N-dealkylation sites (N-methyl/N-ethyl adjacent to an activating group) is 1. The van der Waals surface area contributed by atoms with Gasteiger partial charge in [0.1, 0.15) is 19.3 Å². The molecular formula is C11H20N2O5. The molecule has 0 fully saturated rings. The van der Waals surface area contributed by atoms with Gasteiger partial charge in [-0.15, -0.1) is 0 Å². The van der Waals surface area contributed by atoms with Crippen LogP contribution in [-0.2, 0) is 19.1 Å². The third-order valence-corrected chi connectivity index (χ3v) is 2.28. The van der Waals surface area contributed by atoms with Crippen molar-refractivity contribution in [2.24, 2.45) is 0 Å². The Bertz CT molecular complexity index is 302. The van der Waals surface area contributed by atoms with Gasteiger partial charge in [0, 0.05) is 13.1 Å². The molecule has 0 rings (SSSR count). The number of nitrogens with one attached hydrogen (secondary N) is 1. The molecular weight excluding hydrogens is 240 g/mol. The van der Waals surface area contributed by atoms with Crippen LogP contribution in [0.1, 0.15) is 20.8 Å². The first kappa shape index (κ1) is 16.4. The summed E-state index contributed by atoms with van der Waals surface area (Å²) in [7, 11) is 0. The van der Waals surface area contributed by atoms with Gasteiger partial charge in [0.05, 0.1) is 0 Å². The Labute approximate surface area is 106 Å². The first-order valence-corrected chi connectivity index (χ1v) is 5.80. The highest BCUT2D eigenvalue weighted by Gasteiger charge is 2.19. The van der Waals surface area contributed by atoms with Crippen LogP contribution in [0.2, 0.25) is 0 Å². The molecule has 0 bridgehead atoms. The molecule has 0 saturated carbocycles. The van der Waals surface area contributed by atoms with Gasteiger partial charge in [0.15, 0.2) is 0 Å². The monoisotopic (exact) mass is 260 g/mol. The summed E-state index contributed by atoms with van der Waals surface area (Å²) in [6.45, 7) is 5.53. The Morgan fingerprint density at radius 2 is 1.78 bits per heavy atom. The summed E-state index contributed by atoms with van der Waals surface area (Å²) in [5, 5.41) is 10.8. The molecule has 7 nitrogen and oxygen atoms in total. The SMILES string of the molecule is CCN(CC)C(=O)C(C)NC(=O)COCC(=O)O. The van der Waals surface area contributed by atoms with E-state index in [9.17, 15) is 14.4 Å². The summed E-state index contributed by atoms with van der Waals surface area (Å²) in [5.74, 6) is -1.83. The molecule has 7 heteroatoms. The van der Waals surface area contributed by atoms with E-state index in [1.54, 1.807) is 11.8 Å². The molecule has 1 atom stereocenters. The molecule has 0 spiro atoms. The smallest absolute Gasteiger partial charge is 0.329 e. The average molecular weight is 260 g/mol. The molecule has 0 heterocycles. The molecule has 0 aliphatic rings. The summed E-state index contributed by atoms with van der Waals surface area (Å²) < 4.78 is 4.61. The van der Waals surface area contributed by atoms with E-state index in [0.29, 0.717) is 13.1 Å². The number of carboxylic acids is 1. The number of nitrogens with zero attached hydrogens (tertiary/aromatic N) is 1. The van der Waals surface area contributed by atoms with Crippen molar-refractivity contribution in [3.63, 3.8) is 0 Å². The van der Waals surface area contributed by atoms with E-state index < -0.39 is 24.5 Å². The first-order valence-electron chi connectivity index (χ1n) is 5.80. The number of amides is 2. The second-order valence-corrected chi connectivity index (χ2v) is 3.69. The lowest BCUT2D eigenvalue weighted by Gasteiger charge is -2.23. The van der Waals surface area contributed by atoms with Crippen LogP contribution in [0.4, 0.5) is 0 Å². The zero-order valence-electron chi connectivity index (χ0n) is 10.9. The molecule has 1 unspecified atom stereocenters. The molecule has 0 aromatic rings. The van der Waals surface area contributed by atoms with Crippen LogP contribution in [0, 0.1) is 0 Å². The molecule has 18 heavy (non-hydrogen) atoms. The van der Waals surface area contributed by atoms with Crippen molar-refractivity contribution in [2.45, 2.75) is 26.8 Å². The van der Waals surface area contributed by atoms with Crippen LogP contribution in [0.25, 0.3) is 0 Å². The topological polar surface area (TPSA) is 95.9 Å². The van der Waals surface area contributed by atoms with Crippen molar-refractivity contribution in [1.29, 1.82) is 0 Å². The Hall–Kier alpha value is -1.63. The van der Waals surface area contributed by atoms with E-state index in [0.717, 1.165) is 0 Å². The molecule has 0 aromatic carbocycles. The van der Waals surface area contributed by atoms with Crippen LogP contribution in [0.3, 0.4) is 0 Å². The zero-order chi connectivity index (χ0) is 14.1. The van der Waals surface area contributed by atoms with Gasteiger partial charge in [-0.1, -0.05) is 0 Å². The molecule has 0 radical (unpaired) electrons. The van der Waals surface area contributed by atoms with Gasteiger partial charge in [0.25, 0.3) is 0 Å². The Kier molecular flexibility index (Phi) is 7.69. The number of hydrogen-bond donors (Lipinski definition) is 2. The maximum atomic E-state index is 11.8. The van der Waals surface area contributed by atoms with E-state index in [-0.39, 0.29) is 12.5 Å². The van der Waals surface area contributed by atoms with Crippen molar-refractivity contribution in [1.82, 2.24) is 10.2 Å². The van der Waals surface area contributed by atoms with Gasteiger partial charge >= 0.3 is 5.97 Å². The van der Waals surface area contributed by atoms with Crippen LogP contribution in [-0.4, -0.2) is 60.1 Å². The number of carbonyl (C=O) groups excluding carboxylic acids is 2. The third kappa shape index (κ3) is 6.19. The maximum Gasteiger partial charge on any atom is 0.329 e. The minimum Gasteiger partial charge on any atom is -0.480 e. The Morgan fingerprint density at radius 1 is 1.22 bits per heavy atom. The second-order valence-electron chi connectivity index (χ2n) is 3.69. The fraction of sp³-hybridized carbons (Fsp3) is 0.727. The molecule has 2 N–H and O–H groups in total. The molecule has 104 valence electrons. The van der Waals surface area contributed by atoms with Gasteiger partial charge < -0.3 is 20.1 Å². The lowest BCUT2D eigenvalue weighted by molar-refractivity contribution is -0.144. The van der Waals surface area contributed by atoms with Gasteiger partial charge in [0.2, 0.25) is 11.8 Å². The average Bonchev–Trinajstić information content (AvgIpc) is 2.29. The molecule has 0 aliphatic carbocycles. The second kappa shape index (κ2) is 8.46. The Morgan fingerprint density at radius 3 is 2.22 bits per heavy atom. The first-order chi connectivity index (χ1) is 8.42. The summed E-state index contributed by atoms with van der Waals surface area (Å²) in [6, 6.07) is -0.647. The highest BCUT2D eigenvalue weighted by molar-refractivity contribution is 5.87. The lowest BCUT2D eigenvalue weighted by Crippen LogP contribution is -2.47. The number of aliphatic carboxylic acids is 1. The van der Waals surface area contributed by atoms with Crippen molar-refractivity contribution in [2.75, 3.05) is 26.3 Å². The van der Waals surface area contributed by atoms with Crippen molar-refractivity contribution >= 4 is 17.8 Å². The van der Waals surface area contributed by atoms with E-state index in [2.05, 4.69) is 10.1 Å². The summed E-state index contributed by atoms with van der Waals surface area (Å²) in [6.07, 6.45) is 0. The van der Waals surface area contributed by atoms with Crippen molar-refractivity contribution < 1.29 is 24.2 Å². The summed E-state index contributed by atoms with van der Waals surface area (Å²) in [4.78, 5) is 34.9. The van der Waals surface area contributed by atoms with Gasteiger partial charge in [-0.2, -0.15) is 0 Å². The van der Waals surface area contributed by atoms with Crippen LogP contribution < -0.4 is 5.32 Å². The predicted molar refractivity (Wildman–Crippen MR) is 64.0 cm³/mol. The van der Waals surface area contributed by atoms with E-state index >= 15 is 0 Å². The quantitative estimate of drug-likeness (QED) is 0.611. The number of ether oxygens (including phenoxy) is 1. The van der Waals surface area contributed by atoms with Crippen LogP contribution >= 0.6 is 0 Å². The van der Waals surface area contributed by atoms with Crippen LogP contribution in [0.5, 0.6) is 0 Å². The Balaban J connectivity index is 4.06. The van der Waals surface area contributed by atoms with E-state index in [1.807, 2.05) is 13.8 Å². The molecule has 2 amide bonds. The highest BCUT2D eigenvalue weighted by atomic mass is 16.5. The van der Waals surface area contributed by atoms with Crippen molar-refractivity contribution in [3.8, 4) is 0 Å². The zero-order valence-corrected chi connectivity index (χ0v) is 10.9. The molecule has 0 aromatic heterocycles. The number of carbonyl (C=O) groups is 3. The largest absolute Gasteiger partial charge is 0.480 e. The molecule has 0 saturated heterocycles. The number of rotatable bonds is 8. The fourth-order valence-electron chi connectivity index (χ4n) is 1.39. The van der Waals surface area contributed by atoms with E-state index in [4.69, 9.17) is 5.11 Å². The van der Waals surface area contributed by atoms with Gasteiger partial charge in [-0.05, 0) is 20.8 Å². The fourth-order valence-corrected chi connectivity index (χ4v) is 1.39.